The number of piperidine rings is 1. The smallest absolute Gasteiger partial charge is 0.138 e. The van der Waals surface area contributed by atoms with Crippen molar-refractivity contribution in [2.24, 2.45) is 11.7 Å². The van der Waals surface area contributed by atoms with E-state index in [1.54, 1.807) is 13.3 Å². The van der Waals surface area contributed by atoms with Crippen LogP contribution in [0.5, 0.6) is 0 Å². The Labute approximate surface area is 113 Å². The van der Waals surface area contributed by atoms with E-state index >= 15 is 0 Å². The lowest BCUT2D eigenvalue weighted by Crippen LogP contribution is -2.44. The average Bonchev–Trinajstić information content (AvgIpc) is 2.39. The van der Waals surface area contributed by atoms with Gasteiger partial charge in [-0.3, -0.25) is 0 Å². The quantitative estimate of drug-likeness (QED) is 0.841. The average molecular weight is 265 g/mol. The van der Waals surface area contributed by atoms with Crippen molar-refractivity contribution in [3.8, 4) is 0 Å². The summed E-state index contributed by atoms with van der Waals surface area (Å²) in [5.41, 5.74) is 6.59. The van der Waals surface area contributed by atoms with Crippen molar-refractivity contribution in [2.75, 3.05) is 25.1 Å². The van der Waals surface area contributed by atoms with Gasteiger partial charge < -0.3 is 15.4 Å². The van der Waals surface area contributed by atoms with Crippen LogP contribution < -0.4 is 10.6 Å². The van der Waals surface area contributed by atoms with Gasteiger partial charge in [-0.15, -0.1) is 0 Å². The van der Waals surface area contributed by atoms with E-state index in [1.165, 1.54) is 0 Å². The van der Waals surface area contributed by atoms with Gasteiger partial charge in [-0.05, 0) is 24.5 Å². The van der Waals surface area contributed by atoms with Crippen LogP contribution in [0.1, 0.15) is 18.9 Å². The number of nitrogens with zero attached hydrogens (tertiary/aromatic N) is 2. The normalized spacial score (nSPS) is 24.0. The van der Waals surface area contributed by atoms with E-state index in [-0.39, 0.29) is 6.10 Å². The molecule has 2 heterocycles. The van der Waals surface area contributed by atoms with Gasteiger partial charge in [0.25, 0.3) is 0 Å². The monoisotopic (exact) mass is 265 g/mol. The molecular formula is C13H19N3OS. The van der Waals surface area contributed by atoms with Gasteiger partial charge in [0, 0.05) is 26.4 Å². The van der Waals surface area contributed by atoms with Crippen LogP contribution in [-0.2, 0) is 4.74 Å². The van der Waals surface area contributed by atoms with Crippen molar-refractivity contribution in [1.29, 1.82) is 0 Å². The lowest BCUT2D eigenvalue weighted by molar-refractivity contribution is 0.0496. The Morgan fingerprint density at radius 3 is 3.06 bits per heavy atom. The van der Waals surface area contributed by atoms with Gasteiger partial charge >= 0.3 is 0 Å². The zero-order valence-corrected chi connectivity index (χ0v) is 11.6. The van der Waals surface area contributed by atoms with Crippen LogP contribution >= 0.6 is 12.2 Å². The number of aromatic nitrogens is 1. The third-order valence-electron chi connectivity index (χ3n) is 3.54. The Kier molecular flexibility index (Phi) is 4.14. The van der Waals surface area contributed by atoms with E-state index in [2.05, 4.69) is 16.8 Å². The van der Waals surface area contributed by atoms with Crippen molar-refractivity contribution >= 4 is 23.0 Å². The standard InChI is InChI=1S/C13H19N3OS/c1-9-5-7-16(8-11(9)17-2)13-10(12(14)18)4-3-6-15-13/h3-4,6,9,11H,5,7-8H2,1-2H3,(H2,14,18). The second-order valence-electron chi connectivity index (χ2n) is 4.72. The Bertz CT molecular complexity index is 438. The molecule has 2 unspecified atom stereocenters. The largest absolute Gasteiger partial charge is 0.389 e. The summed E-state index contributed by atoms with van der Waals surface area (Å²) in [4.78, 5) is 7.03. The molecule has 0 amide bonds. The Balaban J connectivity index is 2.24. The van der Waals surface area contributed by atoms with Gasteiger partial charge in [0.15, 0.2) is 0 Å². The fourth-order valence-corrected chi connectivity index (χ4v) is 2.53. The zero-order valence-electron chi connectivity index (χ0n) is 10.8. The minimum Gasteiger partial charge on any atom is -0.389 e. The fraction of sp³-hybridized carbons (Fsp3) is 0.538. The van der Waals surface area contributed by atoms with E-state index in [0.717, 1.165) is 30.9 Å². The molecule has 1 saturated heterocycles. The van der Waals surface area contributed by atoms with Gasteiger partial charge in [0.2, 0.25) is 0 Å². The maximum atomic E-state index is 5.75. The first-order valence-electron chi connectivity index (χ1n) is 6.16. The van der Waals surface area contributed by atoms with E-state index in [9.17, 15) is 0 Å². The Morgan fingerprint density at radius 2 is 2.39 bits per heavy atom. The lowest BCUT2D eigenvalue weighted by atomic mass is 9.95. The van der Waals surface area contributed by atoms with Gasteiger partial charge in [-0.2, -0.15) is 0 Å². The number of thiocarbonyl (C=S) groups is 1. The second kappa shape index (κ2) is 5.63. The molecule has 1 aliphatic rings. The molecule has 1 fully saturated rings. The number of hydrogen-bond donors (Lipinski definition) is 1. The highest BCUT2D eigenvalue weighted by atomic mass is 32.1. The van der Waals surface area contributed by atoms with Crippen molar-refractivity contribution < 1.29 is 4.74 Å². The molecule has 2 N–H and O–H groups in total. The molecule has 0 saturated carbocycles. The molecule has 2 rings (SSSR count). The minimum absolute atomic E-state index is 0.236. The number of rotatable bonds is 3. The molecule has 18 heavy (non-hydrogen) atoms. The summed E-state index contributed by atoms with van der Waals surface area (Å²) >= 11 is 5.08. The molecule has 0 spiro atoms. The van der Waals surface area contributed by atoms with E-state index in [4.69, 9.17) is 22.7 Å². The maximum absolute atomic E-state index is 5.75. The first-order valence-corrected chi connectivity index (χ1v) is 6.57. The van der Waals surface area contributed by atoms with Gasteiger partial charge in [-0.1, -0.05) is 19.1 Å². The number of hydrogen-bond acceptors (Lipinski definition) is 4. The number of ether oxygens (including phenoxy) is 1. The highest BCUT2D eigenvalue weighted by Gasteiger charge is 2.28. The van der Waals surface area contributed by atoms with Crippen molar-refractivity contribution in [2.45, 2.75) is 19.4 Å². The first-order chi connectivity index (χ1) is 8.63. The molecule has 98 valence electrons. The van der Waals surface area contributed by atoms with Crippen LogP contribution in [0, 0.1) is 5.92 Å². The predicted molar refractivity (Wildman–Crippen MR) is 76.9 cm³/mol. The molecule has 5 heteroatoms. The summed E-state index contributed by atoms with van der Waals surface area (Å²) in [7, 11) is 1.76. The fourth-order valence-electron chi connectivity index (χ4n) is 2.37. The second-order valence-corrected chi connectivity index (χ2v) is 5.16. The molecule has 1 aromatic heterocycles. The number of pyridine rings is 1. The zero-order chi connectivity index (χ0) is 13.1. The van der Waals surface area contributed by atoms with Crippen molar-refractivity contribution in [3.63, 3.8) is 0 Å². The topological polar surface area (TPSA) is 51.4 Å². The molecule has 0 aromatic carbocycles. The van der Waals surface area contributed by atoms with Crippen LogP contribution in [0.4, 0.5) is 5.82 Å². The molecule has 4 nitrogen and oxygen atoms in total. The van der Waals surface area contributed by atoms with Crippen LogP contribution in [-0.4, -0.2) is 36.3 Å². The summed E-state index contributed by atoms with van der Waals surface area (Å²) in [5, 5.41) is 0. The Morgan fingerprint density at radius 1 is 1.61 bits per heavy atom. The van der Waals surface area contributed by atoms with Gasteiger partial charge in [-0.25, -0.2) is 4.98 Å². The summed E-state index contributed by atoms with van der Waals surface area (Å²) in [6.07, 6.45) is 3.10. The predicted octanol–water partition coefficient (Wildman–Crippen LogP) is 1.58. The van der Waals surface area contributed by atoms with Gasteiger partial charge in [0.05, 0.1) is 11.7 Å². The summed E-state index contributed by atoms with van der Waals surface area (Å²) in [6.45, 7) is 4.02. The van der Waals surface area contributed by atoms with E-state index < -0.39 is 0 Å². The lowest BCUT2D eigenvalue weighted by Gasteiger charge is -2.37. The molecular weight excluding hydrogens is 246 g/mol. The third-order valence-corrected chi connectivity index (χ3v) is 3.76. The molecule has 2 atom stereocenters. The third kappa shape index (κ3) is 2.62. The highest BCUT2D eigenvalue weighted by molar-refractivity contribution is 7.80. The number of methoxy groups -OCH3 is 1. The van der Waals surface area contributed by atoms with E-state index in [1.807, 2.05) is 12.1 Å². The molecule has 0 bridgehead atoms. The van der Waals surface area contributed by atoms with E-state index in [0.29, 0.717) is 10.9 Å². The van der Waals surface area contributed by atoms with Crippen LogP contribution in [0.25, 0.3) is 0 Å². The molecule has 0 radical (unpaired) electrons. The number of anilines is 1. The van der Waals surface area contributed by atoms with Crippen molar-refractivity contribution in [3.05, 3.63) is 23.9 Å². The van der Waals surface area contributed by atoms with Crippen LogP contribution in [0.2, 0.25) is 0 Å². The molecule has 1 aliphatic heterocycles. The van der Waals surface area contributed by atoms with Crippen LogP contribution in [0.3, 0.4) is 0 Å². The SMILES string of the molecule is COC1CN(c2ncccc2C(N)=S)CCC1C. The maximum Gasteiger partial charge on any atom is 0.138 e. The minimum atomic E-state index is 0.236. The van der Waals surface area contributed by atoms with Gasteiger partial charge in [0.1, 0.15) is 10.8 Å². The summed E-state index contributed by atoms with van der Waals surface area (Å²) < 4.78 is 5.52. The molecule has 0 aliphatic carbocycles. The summed E-state index contributed by atoms with van der Waals surface area (Å²) in [6, 6.07) is 3.78. The highest BCUT2D eigenvalue weighted by Crippen LogP contribution is 2.25. The summed E-state index contributed by atoms with van der Waals surface area (Å²) in [5.74, 6) is 1.45. The molecule has 1 aromatic rings. The number of nitrogens with two attached hydrogens (primary N) is 1. The Hall–Kier alpha value is -1.20. The first kappa shape index (κ1) is 13.2. The van der Waals surface area contributed by atoms with Crippen LogP contribution in [0.15, 0.2) is 18.3 Å². The van der Waals surface area contributed by atoms with Crippen molar-refractivity contribution in [1.82, 2.24) is 4.98 Å².